The molecule has 0 aliphatic heterocycles. The number of rotatable bonds is 5. The van der Waals surface area contributed by atoms with E-state index in [4.69, 9.17) is 11.6 Å². The molecule has 0 saturated heterocycles. The van der Waals surface area contributed by atoms with Crippen molar-refractivity contribution in [2.45, 2.75) is 41.5 Å². The van der Waals surface area contributed by atoms with E-state index in [-0.39, 0.29) is 0 Å². The highest BCUT2D eigenvalue weighted by Crippen LogP contribution is 2.42. The molecule has 3 aromatic heterocycles. The maximum absolute atomic E-state index is 7.90. The molecule has 10 aromatic rings. The summed E-state index contributed by atoms with van der Waals surface area (Å²) in [5.74, 6) is 0.821. The Morgan fingerprint density at radius 1 is 0.448 bits per heavy atom. The third-order valence-corrected chi connectivity index (χ3v) is 11.9. The van der Waals surface area contributed by atoms with Gasteiger partial charge in [-0.05, 0) is 140 Å². The van der Waals surface area contributed by atoms with Gasteiger partial charge in [-0.1, -0.05) is 102 Å². The molecule has 0 aliphatic carbocycles. The normalized spacial score (nSPS) is 11.6. The summed E-state index contributed by atoms with van der Waals surface area (Å²) in [5, 5.41) is 4.74. The Morgan fingerprint density at radius 2 is 0.948 bits per heavy atom. The largest absolute Gasteiger partial charge is 0.307 e. The van der Waals surface area contributed by atoms with Crippen LogP contribution in [0.3, 0.4) is 0 Å². The Balaban J connectivity index is 1.22. The van der Waals surface area contributed by atoms with Crippen LogP contribution in [0.25, 0.3) is 93.3 Å². The summed E-state index contributed by atoms with van der Waals surface area (Å²) < 4.78 is 4.64. The molecule has 10 rings (SSSR count). The molecule has 0 fully saturated rings. The van der Waals surface area contributed by atoms with Crippen molar-refractivity contribution in [3.8, 4) is 44.9 Å². The van der Waals surface area contributed by atoms with Crippen LogP contribution in [0.1, 0.15) is 33.4 Å². The standard InChI is InChI=1S/C54H42N4/c1-32-23-34(3)53(35(4)24-32)39-19-21-49-45(28-39)42-15-8-10-17-47(42)57(49)51-31-56-52(30-44(51)38-13-12-14-41(27-38)55-7)58-48-18-11-9-16-43(48)46-29-40(20-22-50(46)58)54-36(5)25-33(2)26-37(54)6/h8-31H,1-6H3. The Labute approximate surface area is 339 Å². The van der Waals surface area contributed by atoms with Crippen molar-refractivity contribution in [1.82, 2.24) is 14.1 Å². The van der Waals surface area contributed by atoms with Crippen molar-refractivity contribution in [3.05, 3.63) is 191 Å². The monoisotopic (exact) mass is 746 g/mol. The number of hydrogen-bond donors (Lipinski definition) is 0. The van der Waals surface area contributed by atoms with Gasteiger partial charge in [-0.25, -0.2) is 9.83 Å². The number of aromatic nitrogens is 3. The number of benzene rings is 7. The van der Waals surface area contributed by atoms with Crippen molar-refractivity contribution in [2.75, 3.05) is 0 Å². The minimum absolute atomic E-state index is 0.601. The number of pyridine rings is 1. The quantitative estimate of drug-likeness (QED) is 0.161. The van der Waals surface area contributed by atoms with Gasteiger partial charge in [0.1, 0.15) is 5.82 Å². The fourth-order valence-corrected chi connectivity index (χ4v) is 9.75. The molecule has 3 heterocycles. The molecular weight excluding hydrogens is 705 g/mol. The van der Waals surface area contributed by atoms with Gasteiger partial charge in [0.2, 0.25) is 0 Å². The van der Waals surface area contributed by atoms with Crippen molar-refractivity contribution in [3.63, 3.8) is 0 Å². The van der Waals surface area contributed by atoms with E-state index in [0.717, 1.165) is 44.7 Å². The molecule has 7 aromatic carbocycles. The predicted octanol–water partition coefficient (Wildman–Crippen LogP) is 14.7. The van der Waals surface area contributed by atoms with Gasteiger partial charge >= 0.3 is 0 Å². The molecule has 0 amide bonds. The molecule has 278 valence electrons. The molecule has 4 heteroatoms. The van der Waals surface area contributed by atoms with Crippen LogP contribution in [-0.2, 0) is 0 Å². The lowest BCUT2D eigenvalue weighted by Crippen LogP contribution is -2.03. The molecule has 0 unspecified atom stereocenters. The first-order chi connectivity index (χ1) is 28.2. The van der Waals surface area contributed by atoms with Crippen molar-refractivity contribution >= 4 is 49.3 Å². The van der Waals surface area contributed by atoms with Crippen LogP contribution < -0.4 is 0 Å². The molecule has 0 spiro atoms. The van der Waals surface area contributed by atoms with Gasteiger partial charge < -0.3 is 4.57 Å². The van der Waals surface area contributed by atoms with Gasteiger partial charge in [-0.3, -0.25) is 4.57 Å². The molecule has 0 N–H and O–H groups in total. The Kier molecular flexibility index (Phi) is 8.18. The first kappa shape index (κ1) is 35.2. The van der Waals surface area contributed by atoms with Crippen LogP contribution in [0, 0.1) is 48.1 Å². The first-order valence-electron chi connectivity index (χ1n) is 19.9. The number of fused-ring (bicyclic) bond motifs is 6. The number of para-hydroxylation sites is 2. The third kappa shape index (κ3) is 5.54. The lowest BCUT2D eigenvalue weighted by molar-refractivity contribution is 1.06. The number of nitrogens with zero attached hydrogens (tertiary/aromatic N) is 4. The van der Waals surface area contributed by atoms with Crippen molar-refractivity contribution < 1.29 is 0 Å². The second kappa shape index (κ2) is 13.5. The summed E-state index contributed by atoms with van der Waals surface area (Å²) in [6, 6.07) is 50.3. The Morgan fingerprint density at radius 3 is 1.50 bits per heavy atom. The maximum Gasteiger partial charge on any atom is 0.187 e. The molecule has 0 aliphatic rings. The van der Waals surface area contributed by atoms with E-state index in [1.54, 1.807) is 0 Å². The summed E-state index contributed by atoms with van der Waals surface area (Å²) in [6.45, 7) is 21.1. The van der Waals surface area contributed by atoms with Crippen molar-refractivity contribution in [1.29, 1.82) is 0 Å². The highest BCUT2D eigenvalue weighted by Gasteiger charge is 2.21. The van der Waals surface area contributed by atoms with Crippen LogP contribution >= 0.6 is 0 Å². The summed E-state index contributed by atoms with van der Waals surface area (Å²) >= 11 is 0. The SMILES string of the molecule is [C-]#[N+]c1cccc(-c2cc(-n3c4ccccc4c4cc(-c5c(C)cc(C)cc5C)ccc43)ncc2-n2c3ccccc3c3cc(-c4c(C)cc(C)cc4C)ccc32)c1. The van der Waals surface area contributed by atoms with E-state index in [1.807, 2.05) is 24.4 Å². The summed E-state index contributed by atoms with van der Waals surface area (Å²) in [7, 11) is 0. The third-order valence-electron chi connectivity index (χ3n) is 11.9. The summed E-state index contributed by atoms with van der Waals surface area (Å²) in [4.78, 5) is 9.15. The molecule has 4 nitrogen and oxygen atoms in total. The van der Waals surface area contributed by atoms with Crippen LogP contribution in [0.2, 0.25) is 0 Å². The Hall–Kier alpha value is -7.22. The minimum Gasteiger partial charge on any atom is -0.307 e. The highest BCUT2D eigenvalue weighted by molar-refractivity contribution is 6.12. The van der Waals surface area contributed by atoms with Crippen LogP contribution in [-0.4, -0.2) is 14.1 Å². The van der Waals surface area contributed by atoms with Crippen LogP contribution in [0.4, 0.5) is 5.69 Å². The van der Waals surface area contributed by atoms with Gasteiger partial charge in [-0.15, -0.1) is 0 Å². The predicted molar refractivity (Wildman–Crippen MR) is 244 cm³/mol. The molecule has 0 radical (unpaired) electrons. The average molecular weight is 747 g/mol. The van der Waals surface area contributed by atoms with Crippen molar-refractivity contribution in [2.24, 2.45) is 0 Å². The van der Waals surface area contributed by atoms with Gasteiger partial charge in [-0.2, -0.15) is 0 Å². The fourth-order valence-electron chi connectivity index (χ4n) is 9.75. The van der Waals surface area contributed by atoms with E-state index in [1.165, 1.54) is 77.2 Å². The Bertz CT molecular complexity index is 3320. The first-order valence-corrected chi connectivity index (χ1v) is 19.9. The van der Waals surface area contributed by atoms with E-state index in [2.05, 4.69) is 177 Å². The maximum atomic E-state index is 7.90. The molecule has 58 heavy (non-hydrogen) atoms. The van der Waals surface area contributed by atoms with Crippen LogP contribution in [0.5, 0.6) is 0 Å². The van der Waals surface area contributed by atoms with E-state index in [0.29, 0.717) is 5.69 Å². The van der Waals surface area contributed by atoms with Gasteiger partial charge in [0.05, 0.1) is 40.5 Å². The lowest BCUT2D eigenvalue weighted by atomic mass is 9.93. The summed E-state index contributed by atoms with van der Waals surface area (Å²) in [5.41, 5.74) is 20.6. The summed E-state index contributed by atoms with van der Waals surface area (Å²) in [6.07, 6.45) is 2.03. The second-order valence-corrected chi connectivity index (χ2v) is 15.9. The lowest BCUT2D eigenvalue weighted by Gasteiger charge is -2.17. The average Bonchev–Trinajstić information content (AvgIpc) is 3.72. The zero-order valence-corrected chi connectivity index (χ0v) is 33.6. The van der Waals surface area contributed by atoms with E-state index in [9.17, 15) is 0 Å². The molecule has 0 saturated carbocycles. The minimum atomic E-state index is 0.601. The van der Waals surface area contributed by atoms with Crippen LogP contribution in [0.15, 0.2) is 146 Å². The smallest absolute Gasteiger partial charge is 0.187 e. The van der Waals surface area contributed by atoms with E-state index >= 15 is 0 Å². The van der Waals surface area contributed by atoms with Gasteiger partial charge in [0.15, 0.2) is 5.69 Å². The zero-order valence-electron chi connectivity index (χ0n) is 33.6. The highest BCUT2D eigenvalue weighted by atomic mass is 15.1. The number of aryl methyl sites for hydroxylation is 6. The van der Waals surface area contributed by atoms with E-state index < -0.39 is 0 Å². The molecule has 0 atom stereocenters. The zero-order chi connectivity index (χ0) is 39.8. The molecular formula is C54H42N4. The van der Waals surface area contributed by atoms with Gasteiger partial charge in [0, 0.05) is 27.1 Å². The topological polar surface area (TPSA) is 27.1 Å². The number of hydrogen-bond acceptors (Lipinski definition) is 1. The second-order valence-electron chi connectivity index (χ2n) is 15.9. The molecule has 0 bridgehead atoms. The van der Waals surface area contributed by atoms with Gasteiger partial charge in [0.25, 0.3) is 0 Å². The fraction of sp³-hybridized carbons (Fsp3) is 0.111.